The lowest BCUT2D eigenvalue weighted by Crippen LogP contribution is -2.33. The molecule has 0 unspecified atom stereocenters. The summed E-state index contributed by atoms with van der Waals surface area (Å²) in [5.74, 6) is 0. The zero-order valence-corrected chi connectivity index (χ0v) is 7.48. The first-order valence-electron chi connectivity index (χ1n) is 4.64. The van der Waals surface area contributed by atoms with Gasteiger partial charge < -0.3 is 4.57 Å². The first kappa shape index (κ1) is 8.24. The van der Waals surface area contributed by atoms with Crippen molar-refractivity contribution in [2.45, 2.75) is 37.6 Å². The second-order valence-electron chi connectivity index (χ2n) is 3.57. The van der Waals surface area contributed by atoms with Gasteiger partial charge in [0.05, 0.1) is 6.07 Å². The van der Waals surface area contributed by atoms with Gasteiger partial charge in [-0.25, -0.2) is 0 Å². The van der Waals surface area contributed by atoms with Crippen molar-refractivity contribution >= 4 is 0 Å². The van der Waals surface area contributed by atoms with Crippen molar-refractivity contribution in [3.63, 3.8) is 0 Å². The van der Waals surface area contributed by atoms with Crippen LogP contribution < -0.4 is 0 Å². The van der Waals surface area contributed by atoms with Crippen LogP contribution in [0.2, 0.25) is 0 Å². The Hall–Kier alpha value is -1.37. The molecule has 4 heteroatoms. The summed E-state index contributed by atoms with van der Waals surface area (Å²) in [6.07, 6.45) is 8.66. The van der Waals surface area contributed by atoms with E-state index in [0.29, 0.717) is 0 Å². The summed E-state index contributed by atoms with van der Waals surface area (Å²) in [6, 6.07) is 2.40. The maximum atomic E-state index is 9.19. The van der Waals surface area contributed by atoms with E-state index in [1.807, 2.05) is 4.57 Å². The Morgan fingerprint density at radius 1 is 1.15 bits per heavy atom. The zero-order valence-electron chi connectivity index (χ0n) is 7.48. The third kappa shape index (κ3) is 1.31. The maximum Gasteiger partial charge on any atom is 0.134 e. The van der Waals surface area contributed by atoms with Crippen LogP contribution in [0.1, 0.15) is 32.1 Å². The van der Waals surface area contributed by atoms with Gasteiger partial charge in [0.25, 0.3) is 0 Å². The van der Waals surface area contributed by atoms with E-state index in [0.717, 1.165) is 25.7 Å². The second kappa shape index (κ2) is 3.17. The van der Waals surface area contributed by atoms with Crippen LogP contribution >= 0.6 is 0 Å². The van der Waals surface area contributed by atoms with Gasteiger partial charge in [-0.1, -0.05) is 19.3 Å². The van der Waals surface area contributed by atoms with Crippen LogP contribution in [0.5, 0.6) is 0 Å². The summed E-state index contributed by atoms with van der Waals surface area (Å²) in [6.45, 7) is 0. The number of rotatable bonds is 1. The average molecular weight is 176 g/mol. The molecule has 1 aromatic rings. The topological polar surface area (TPSA) is 54.5 Å². The molecule has 0 atom stereocenters. The summed E-state index contributed by atoms with van der Waals surface area (Å²) < 4.78 is 1.85. The monoisotopic (exact) mass is 176 g/mol. The lowest BCUT2D eigenvalue weighted by molar-refractivity contribution is 0.265. The highest BCUT2D eigenvalue weighted by Crippen LogP contribution is 2.33. The van der Waals surface area contributed by atoms with Crippen LogP contribution in [0.4, 0.5) is 0 Å². The Kier molecular flexibility index (Phi) is 2.01. The highest BCUT2D eigenvalue weighted by Gasteiger charge is 2.33. The first-order chi connectivity index (χ1) is 6.37. The van der Waals surface area contributed by atoms with Crippen molar-refractivity contribution in [1.29, 1.82) is 5.26 Å². The van der Waals surface area contributed by atoms with Crippen molar-refractivity contribution in [3.05, 3.63) is 12.7 Å². The zero-order chi connectivity index (χ0) is 9.15. The van der Waals surface area contributed by atoms with E-state index in [1.54, 1.807) is 12.7 Å². The molecular weight excluding hydrogens is 164 g/mol. The molecule has 0 aliphatic heterocycles. The molecule has 4 nitrogen and oxygen atoms in total. The molecule has 0 radical (unpaired) electrons. The average Bonchev–Trinajstić information content (AvgIpc) is 2.72. The van der Waals surface area contributed by atoms with E-state index in [4.69, 9.17) is 0 Å². The molecule has 1 fully saturated rings. The van der Waals surface area contributed by atoms with Crippen LogP contribution in [-0.2, 0) is 5.54 Å². The van der Waals surface area contributed by atoms with Crippen molar-refractivity contribution < 1.29 is 0 Å². The normalized spacial score (nSPS) is 20.8. The number of hydrogen-bond acceptors (Lipinski definition) is 3. The number of hydrogen-bond donors (Lipinski definition) is 0. The Morgan fingerprint density at radius 3 is 2.31 bits per heavy atom. The molecule has 2 rings (SSSR count). The molecule has 0 saturated heterocycles. The maximum absolute atomic E-state index is 9.19. The van der Waals surface area contributed by atoms with Gasteiger partial charge in [0.2, 0.25) is 0 Å². The van der Waals surface area contributed by atoms with Gasteiger partial charge in [-0.3, -0.25) is 0 Å². The van der Waals surface area contributed by atoms with Gasteiger partial charge in [0.15, 0.2) is 0 Å². The van der Waals surface area contributed by atoms with Gasteiger partial charge in [-0.15, -0.1) is 10.2 Å². The molecule has 1 saturated carbocycles. The molecule has 0 spiro atoms. The molecule has 13 heavy (non-hydrogen) atoms. The van der Waals surface area contributed by atoms with Gasteiger partial charge in [-0.2, -0.15) is 5.26 Å². The van der Waals surface area contributed by atoms with Crippen LogP contribution in [0, 0.1) is 11.3 Å². The Labute approximate surface area is 77.2 Å². The van der Waals surface area contributed by atoms with Gasteiger partial charge in [0.1, 0.15) is 18.2 Å². The molecule has 0 aromatic carbocycles. The number of aromatic nitrogens is 3. The number of nitrogens with zero attached hydrogens (tertiary/aromatic N) is 4. The minimum atomic E-state index is -0.359. The minimum Gasteiger partial charge on any atom is -0.301 e. The summed E-state index contributed by atoms with van der Waals surface area (Å²) in [5.41, 5.74) is -0.359. The Balaban J connectivity index is 2.30. The lowest BCUT2D eigenvalue weighted by Gasteiger charge is -2.31. The highest BCUT2D eigenvalue weighted by molar-refractivity contribution is 5.06. The third-order valence-corrected chi connectivity index (χ3v) is 2.80. The van der Waals surface area contributed by atoms with Crippen molar-refractivity contribution in [3.8, 4) is 6.07 Å². The fraction of sp³-hybridized carbons (Fsp3) is 0.667. The summed E-state index contributed by atoms with van der Waals surface area (Å²) in [5, 5.41) is 16.7. The predicted molar refractivity (Wildman–Crippen MR) is 46.7 cm³/mol. The smallest absolute Gasteiger partial charge is 0.134 e. The number of nitriles is 1. The van der Waals surface area contributed by atoms with Crippen LogP contribution in [-0.4, -0.2) is 14.8 Å². The van der Waals surface area contributed by atoms with E-state index < -0.39 is 0 Å². The summed E-state index contributed by atoms with van der Waals surface area (Å²) in [4.78, 5) is 0. The molecule has 0 N–H and O–H groups in total. The standard InChI is InChI=1S/C9H12N4/c10-6-9(4-2-1-3-5-9)13-7-11-12-8-13/h7-8H,1-5H2. The Morgan fingerprint density at radius 2 is 1.77 bits per heavy atom. The molecule has 1 aliphatic carbocycles. The van der Waals surface area contributed by atoms with E-state index in [2.05, 4.69) is 16.3 Å². The van der Waals surface area contributed by atoms with Gasteiger partial charge >= 0.3 is 0 Å². The van der Waals surface area contributed by atoms with Crippen LogP contribution in [0.15, 0.2) is 12.7 Å². The van der Waals surface area contributed by atoms with Crippen LogP contribution in [0.25, 0.3) is 0 Å². The van der Waals surface area contributed by atoms with Gasteiger partial charge in [0, 0.05) is 0 Å². The first-order valence-corrected chi connectivity index (χ1v) is 4.64. The van der Waals surface area contributed by atoms with Crippen molar-refractivity contribution in [2.75, 3.05) is 0 Å². The van der Waals surface area contributed by atoms with E-state index >= 15 is 0 Å². The van der Waals surface area contributed by atoms with Crippen molar-refractivity contribution in [2.24, 2.45) is 0 Å². The largest absolute Gasteiger partial charge is 0.301 e. The fourth-order valence-corrected chi connectivity index (χ4v) is 1.99. The quantitative estimate of drug-likeness (QED) is 0.651. The molecule has 1 heterocycles. The fourth-order valence-electron chi connectivity index (χ4n) is 1.99. The van der Waals surface area contributed by atoms with E-state index in [1.165, 1.54) is 6.42 Å². The molecule has 1 aromatic heterocycles. The third-order valence-electron chi connectivity index (χ3n) is 2.80. The molecule has 0 amide bonds. The van der Waals surface area contributed by atoms with Gasteiger partial charge in [-0.05, 0) is 12.8 Å². The predicted octanol–water partition coefficient (Wildman–Crippen LogP) is 1.46. The van der Waals surface area contributed by atoms with Crippen molar-refractivity contribution in [1.82, 2.24) is 14.8 Å². The molecular formula is C9H12N4. The minimum absolute atomic E-state index is 0.359. The molecule has 68 valence electrons. The molecule has 1 aliphatic rings. The van der Waals surface area contributed by atoms with E-state index in [9.17, 15) is 5.26 Å². The lowest BCUT2D eigenvalue weighted by atomic mass is 9.83. The molecule has 0 bridgehead atoms. The van der Waals surface area contributed by atoms with Crippen LogP contribution in [0.3, 0.4) is 0 Å². The SMILES string of the molecule is N#CC1(n2cnnc2)CCCCC1. The highest BCUT2D eigenvalue weighted by atomic mass is 15.3. The summed E-state index contributed by atoms with van der Waals surface area (Å²) >= 11 is 0. The van der Waals surface area contributed by atoms with E-state index in [-0.39, 0.29) is 5.54 Å². The Bertz CT molecular complexity index is 303. The second-order valence-corrected chi connectivity index (χ2v) is 3.57. The summed E-state index contributed by atoms with van der Waals surface area (Å²) in [7, 11) is 0.